The average molecular weight is 774 g/mol. The van der Waals surface area contributed by atoms with Gasteiger partial charge in [-0.05, 0) is 51.4 Å². The molecule has 0 aliphatic heterocycles. The number of hydrogen-bond acceptors (Lipinski definition) is 3. The molecule has 0 aliphatic rings. The SMILES string of the molecule is CCCCCCCC/C=C\CCCCCCCC(=O)CCCCCCCCCCCCCCC(=O)N[C@@H](CO)CCCCCCCCCCCCCCCC. The van der Waals surface area contributed by atoms with Crippen LogP contribution in [0.1, 0.15) is 290 Å². The molecule has 4 nitrogen and oxygen atoms in total. The quantitative estimate of drug-likeness (QED) is 0.0478. The lowest BCUT2D eigenvalue weighted by molar-refractivity contribution is -0.122. The fourth-order valence-electron chi connectivity index (χ4n) is 7.99. The maximum Gasteiger partial charge on any atom is 0.220 e. The highest BCUT2D eigenvalue weighted by atomic mass is 16.3. The van der Waals surface area contributed by atoms with Crippen molar-refractivity contribution in [3.63, 3.8) is 0 Å². The monoisotopic (exact) mass is 774 g/mol. The van der Waals surface area contributed by atoms with E-state index in [2.05, 4.69) is 31.3 Å². The number of ketones is 1. The van der Waals surface area contributed by atoms with Crippen molar-refractivity contribution in [2.45, 2.75) is 296 Å². The average Bonchev–Trinajstić information content (AvgIpc) is 3.19. The summed E-state index contributed by atoms with van der Waals surface area (Å²) >= 11 is 0. The fourth-order valence-corrected chi connectivity index (χ4v) is 7.99. The highest BCUT2D eigenvalue weighted by molar-refractivity contribution is 5.78. The predicted molar refractivity (Wildman–Crippen MR) is 243 cm³/mol. The summed E-state index contributed by atoms with van der Waals surface area (Å²) in [4.78, 5) is 24.6. The Morgan fingerprint density at radius 2 is 0.691 bits per heavy atom. The van der Waals surface area contributed by atoms with Gasteiger partial charge in [-0.25, -0.2) is 0 Å². The van der Waals surface area contributed by atoms with Crippen LogP contribution < -0.4 is 5.32 Å². The van der Waals surface area contributed by atoms with E-state index in [1.165, 1.54) is 218 Å². The molecule has 0 unspecified atom stereocenters. The summed E-state index contributed by atoms with van der Waals surface area (Å²) in [7, 11) is 0. The van der Waals surface area contributed by atoms with Gasteiger partial charge in [-0.1, -0.05) is 231 Å². The van der Waals surface area contributed by atoms with Crippen LogP contribution in [0.3, 0.4) is 0 Å². The lowest BCUT2D eigenvalue weighted by atomic mass is 10.0. The predicted octanol–water partition coefficient (Wildman–Crippen LogP) is 16.4. The lowest BCUT2D eigenvalue weighted by Crippen LogP contribution is -2.37. The van der Waals surface area contributed by atoms with Crippen molar-refractivity contribution < 1.29 is 14.7 Å². The van der Waals surface area contributed by atoms with Crippen molar-refractivity contribution in [1.29, 1.82) is 0 Å². The van der Waals surface area contributed by atoms with E-state index in [1.807, 2.05) is 0 Å². The van der Waals surface area contributed by atoms with Crippen molar-refractivity contribution in [1.82, 2.24) is 5.32 Å². The Kier molecular flexibility index (Phi) is 46.2. The van der Waals surface area contributed by atoms with Gasteiger partial charge in [0, 0.05) is 19.3 Å². The molecule has 2 N–H and O–H groups in total. The first kappa shape index (κ1) is 53.8. The highest BCUT2D eigenvalue weighted by Crippen LogP contribution is 2.16. The second-order valence-corrected chi connectivity index (χ2v) is 17.4. The zero-order valence-electron chi connectivity index (χ0n) is 37.6. The van der Waals surface area contributed by atoms with Crippen molar-refractivity contribution in [2.75, 3.05) is 6.61 Å². The maximum absolute atomic E-state index is 12.4. The normalized spacial score (nSPS) is 12.2. The third-order valence-electron chi connectivity index (χ3n) is 11.8. The van der Waals surface area contributed by atoms with Crippen LogP contribution in [0, 0.1) is 0 Å². The third kappa shape index (κ3) is 45.4. The molecule has 0 fully saturated rings. The zero-order valence-corrected chi connectivity index (χ0v) is 37.6. The maximum atomic E-state index is 12.4. The van der Waals surface area contributed by atoms with Crippen LogP contribution in [0.25, 0.3) is 0 Å². The summed E-state index contributed by atoms with van der Waals surface area (Å²) in [6.07, 6.45) is 58.5. The van der Waals surface area contributed by atoms with Gasteiger partial charge in [-0.2, -0.15) is 0 Å². The van der Waals surface area contributed by atoms with E-state index in [0.29, 0.717) is 12.2 Å². The molecule has 0 aromatic heterocycles. The summed E-state index contributed by atoms with van der Waals surface area (Å²) < 4.78 is 0. The van der Waals surface area contributed by atoms with Gasteiger partial charge in [0.15, 0.2) is 0 Å². The minimum Gasteiger partial charge on any atom is -0.394 e. The number of nitrogens with one attached hydrogen (secondary N) is 1. The Labute approximate surface area is 345 Å². The van der Waals surface area contributed by atoms with Gasteiger partial charge in [-0.3, -0.25) is 9.59 Å². The van der Waals surface area contributed by atoms with E-state index in [1.54, 1.807) is 0 Å². The van der Waals surface area contributed by atoms with Gasteiger partial charge in [0.2, 0.25) is 5.91 Å². The van der Waals surface area contributed by atoms with E-state index in [4.69, 9.17) is 0 Å². The van der Waals surface area contributed by atoms with Gasteiger partial charge >= 0.3 is 0 Å². The number of aliphatic hydroxyl groups is 1. The Morgan fingerprint density at radius 1 is 0.400 bits per heavy atom. The molecule has 0 saturated carbocycles. The molecule has 0 rings (SSSR count). The van der Waals surface area contributed by atoms with Gasteiger partial charge in [0.05, 0.1) is 12.6 Å². The van der Waals surface area contributed by atoms with Gasteiger partial charge < -0.3 is 10.4 Å². The number of rotatable bonds is 47. The van der Waals surface area contributed by atoms with Crippen molar-refractivity contribution in [2.24, 2.45) is 0 Å². The van der Waals surface area contributed by atoms with Crippen molar-refractivity contribution in [3.8, 4) is 0 Å². The molecule has 0 heterocycles. The molecule has 55 heavy (non-hydrogen) atoms. The number of Topliss-reactive ketones (excluding diaryl/α,β-unsaturated/α-hetero) is 1. The van der Waals surface area contributed by atoms with Crippen LogP contribution in [0.15, 0.2) is 12.2 Å². The molecule has 0 bridgehead atoms. The molecule has 1 atom stereocenters. The van der Waals surface area contributed by atoms with Crippen LogP contribution in [-0.2, 0) is 9.59 Å². The van der Waals surface area contributed by atoms with Crippen LogP contribution in [0.5, 0.6) is 0 Å². The van der Waals surface area contributed by atoms with Crippen molar-refractivity contribution >= 4 is 11.7 Å². The van der Waals surface area contributed by atoms with Crippen LogP contribution in [-0.4, -0.2) is 29.4 Å². The number of carbonyl (C=O) groups is 2. The summed E-state index contributed by atoms with van der Waals surface area (Å²) in [5, 5.41) is 12.8. The second kappa shape index (κ2) is 47.2. The molecule has 0 spiro atoms. The Bertz CT molecular complexity index is 795. The topological polar surface area (TPSA) is 66.4 Å². The molecular weight excluding hydrogens is 675 g/mol. The molecule has 0 aromatic carbocycles. The van der Waals surface area contributed by atoms with E-state index >= 15 is 0 Å². The minimum atomic E-state index is -0.0701. The summed E-state index contributed by atoms with van der Waals surface area (Å²) in [6.45, 7) is 4.62. The van der Waals surface area contributed by atoms with E-state index in [9.17, 15) is 14.7 Å². The molecule has 0 aliphatic carbocycles. The molecule has 0 saturated heterocycles. The Morgan fingerprint density at radius 3 is 1.04 bits per heavy atom. The van der Waals surface area contributed by atoms with E-state index in [-0.39, 0.29) is 18.6 Å². The Hall–Kier alpha value is -1.16. The number of allylic oxidation sites excluding steroid dienone is 2. The van der Waals surface area contributed by atoms with Gasteiger partial charge in [0.25, 0.3) is 0 Å². The van der Waals surface area contributed by atoms with Crippen LogP contribution in [0.4, 0.5) is 0 Å². The molecule has 1 amide bonds. The second-order valence-electron chi connectivity index (χ2n) is 17.4. The summed E-state index contributed by atoms with van der Waals surface area (Å²) in [6, 6.07) is -0.0701. The number of unbranched alkanes of at least 4 members (excludes halogenated alkanes) is 35. The minimum absolute atomic E-state index is 0.0577. The first-order chi connectivity index (χ1) is 27.1. The number of hydrogen-bond donors (Lipinski definition) is 2. The van der Waals surface area contributed by atoms with Crippen LogP contribution >= 0.6 is 0 Å². The van der Waals surface area contributed by atoms with Gasteiger partial charge in [-0.15, -0.1) is 0 Å². The number of amides is 1. The first-order valence-corrected chi connectivity index (χ1v) is 25.2. The zero-order chi connectivity index (χ0) is 40.0. The van der Waals surface area contributed by atoms with E-state index in [0.717, 1.165) is 51.4 Å². The van der Waals surface area contributed by atoms with Gasteiger partial charge in [0.1, 0.15) is 5.78 Å². The van der Waals surface area contributed by atoms with E-state index < -0.39 is 0 Å². The highest BCUT2D eigenvalue weighted by Gasteiger charge is 2.11. The smallest absolute Gasteiger partial charge is 0.220 e. The fraction of sp³-hybridized carbons (Fsp3) is 0.922. The molecule has 326 valence electrons. The van der Waals surface area contributed by atoms with Crippen LogP contribution in [0.2, 0.25) is 0 Å². The summed E-state index contributed by atoms with van der Waals surface area (Å²) in [5.74, 6) is 0.607. The molecule has 0 radical (unpaired) electrons. The summed E-state index contributed by atoms with van der Waals surface area (Å²) in [5.41, 5.74) is 0. The molecule has 0 aromatic rings. The number of carbonyl (C=O) groups excluding carboxylic acids is 2. The van der Waals surface area contributed by atoms with Crippen molar-refractivity contribution in [3.05, 3.63) is 12.2 Å². The number of aliphatic hydroxyl groups excluding tert-OH is 1. The Balaban J connectivity index is 3.39. The molecule has 4 heteroatoms. The third-order valence-corrected chi connectivity index (χ3v) is 11.8. The first-order valence-electron chi connectivity index (χ1n) is 25.2. The largest absolute Gasteiger partial charge is 0.394 e. The lowest BCUT2D eigenvalue weighted by Gasteiger charge is -2.16. The standard InChI is InChI=1S/C51H99NO3/c1-3-5-7-9-11-13-15-17-19-21-25-29-33-37-41-45-50(54)46-42-38-34-30-26-22-23-27-31-35-39-43-47-51(55)52-49(48-53)44-40-36-32-28-24-20-18-16-14-12-10-8-6-4-2/h17,19,49,53H,3-16,18,20-48H2,1-2H3,(H,52,55)/b19-17-/t49-/m1/s1. The molecular formula is C51H99NO3.